The lowest BCUT2D eigenvalue weighted by atomic mass is 9.95. The first-order chi connectivity index (χ1) is 12.5. The third kappa shape index (κ3) is 4.35. The number of hydrogen-bond donors (Lipinski definition) is 1. The summed E-state index contributed by atoms with van der Waals surface area (Å²) in [6, 6.07) is 1.63. The predicted octanol–water partition coefficient (Wildman–Crippen LogP) is 1.09. The zero-order valence-corrected chi connectivity index (χ0v) is 14.9. The van der Waals surface area contributed by atoms with Crippen molar-refractivity contribution in [2.24, 2.45) is 5.92 Å². The van der Waals surface area contributed by atoms with E-state index in [9.17, 15) is 9.59 Å². The molecule has 0 radical (unpaired) electrons. The Morgan fingerprint density at radius 3 is 2.73 bits per heavy atom. The minimum absolute atomic E-state index is 0.0183. The van der Waals surface area contributed by atoms with Crippen LogP contribution in [0.25, 0.3) is 0 Å². The van der Waals surface area contributed by atoms with Crippen molar-refractivity contribution >= 4 is 23.5 Å². The monoisotopic (exact) mass is 358 g/mol. The lowest BCUT2D eigenvalue weighted by molar-refractivity contribution is -0.137. The molecule has 0 unspecified atom stereocenters. The highest BCUT2D eigenvalue weighted by atomic mass is 16.5. The molecule has 1 N–H and O–H groups in total. The van der Waals surface area contributed by atoms with Crippen molar-refractivity contribution in [1.82, 2.24) is 20.0 Å². The molecular formula is C17H22N6O3. The number of rotatable bonds is 5. The average molecular weight is 358 g/mol. The molecule has 1 aliphatic heterocycles. The number of anilines is 2. The summed E-state index contributed by atoms with van der Waals surface area (Å²) in [5.41, 5.74) is 0. The van der Waals surface area contributed by atoms with Gasteiger partial charge >= 0.3 is 0 Å². The molecule has 9 nitrogen and oxygen atoms in total. The molecule has 2 aromatic rings. The van der Waals surface area contributed by atoms with E-state index in [1.54, 1.807) is 38.6 Å². The van der Waals surface area contributed by atoms with E-state index in [0.29, 0.717) is 11.6 Å². The van der Waals surface area contributed by atoms with Crippen LogP contribution >= 0.6 is 0 Å². The predicted molar refractivity (Wildman–Crippen MR) is 94.5 cm³/mol. The number of aryl methyl sites for hydroxylation is 1. The van der Waals surface area contributed by atoms with Crippen LogP contribution in [0.4, 0.5) is 11.6 Å². The van der Waals surface area contributed by atoms with Crippen LogP contribution in [0.5, 0.6) is 0 Å². The fourth-order valence-corrected chi connectivity index (χ4v) is 3.02. The van der Waals surface area contributed by atoms with E-state index >= 15 is 0 Å². The highest BCUT2D eigenvalue weighted by Gasteiger charge is 2.28. The Hall–Kier alpha value is -2.97. The van der Waals surface area contributed by atoms with Gasteiger partial charge < -0.3 is 19.6 Å². The van der Waals surface area contributed by atoms with Gasteiger partial charge in [-0.3, -0.25) is 14.6 Å². The molecule has 1 saturated heterocycles. The Bertz CT molecular complexity index is 755. The molecule has 9 heteroatoms. The summed E-state index contributed by atoms with van der Waals surface area (Å²) < 4.78 is 4.90. The molecule has 26 heavy (non-hydrogen) atoms. The van der Waals surface area contributed by atoms with Gasteiger partial charge in [-0.05, 0) is 19.8 Å². The summed E-state index contributed by atoms with van der Waals surface area (Å²) in [5.74, 6) is 1.38. The normalized spacial score (nSPS) is 14.9. The van der Waals surface area contributed by atoms with Crippen molar-refractivity contribution in [3.8, 4) is 0 Å². The second-order valence-electron chi connectivity index (χ2n) is 6.39. The van der Waals surface area contributed by atoms with Gasteiger partial charge in [0.15, 0.2) is 5.82 Å². The fourth-order valence-electron chi connectivity index (χ4n) is 3.02. The van der Waals surface area contributed by atoms with Gasteiger partial charge in [-0.25, -0.2) is 4.98 Å². The topological polar surface area (TPSA) is 104 Å². The third-order valence-electron chi connectivity index (χ3n) is 4.37. The molecule has 2 amide bonds. The first-order valence-corrected chi connectivity index (χ1v) is 8.52. The largest absolute Gasteiger partial charge is 0.360 e. The zero-order valence-electron chi connectivity index (χ0n) is 14.9. The van der Waals surface area contributed by atoms with Gasteiger partial charge in [0.1, 0.15) is 11.6 Å². The standard InChI is InChI=1S/C17H22N6O3/c1-12-9-14(21-26-12)20-16(24)11-22(2)17(25)13-3-7-23(8-4-13)15-10-18-5-6-19-15/h5-6,9-10,13H,3-4,7-8,11H2,1-2H3,(H,20,21,24). The van der Waals surface area contributed by atoms with Gasteiger partial charge in [0, 0.05) is 44.5 Å². The first kappa shape index (κ1) is 17.8. The van der Waals surface area contributed by atoms with Crippen molar-refractivity contribution < 1.29 is 14.1 Å². The van der Waals surface area contributed by atoms with Gasteiger partial charge in [-0.1, -0.05) is 5.16 Å². The number of amides is 2. The van der Waals surface area contributed by atoms with Crippen LogP contribution in [0.3, 0.4) is 0 Å². The molecule has 0 aliphatic carbocycles. The number of likely N-dealkylation sites (N-methyl/N-ethyl adjacent to an activating group) is 1. The minimum atomic E-state index is -0.300. The fraction of sp³-hybridized carbons (Fsp3) is 0.471. The molecule has 0 spiro atoms. The molecular weight excluding hydrogens is 336 g/mol. The molecule has 1 aliphatic rings. The van der Waals surface area contributed by atoms with Gasteiger partial charge in [-0.2, -0.15) is 0 Å². The van der Waals surface area contributed by atoms with Crippen LogP contribution in [0.2, 0.25) is 0 Å². The molecule has 0 bridgehead atoms. The lowest BCUT2D eigenvalue weighted by Gasteiger charge is -2.33. The van der Waals surface area contributed by atoms with Gasteiger partial charge in [0.05, 0.1) is 12.7 Å². The number of nitrogens with zero attached hydrogens (tertiary/aromatic N) is 5. The van der Waals surface area contributed by atoms with E-state index in [4.69, 9.17) is 4.52 Å². The van der Waals surface area contributed by atoms with Crippen molar-refractivity contribution in [3.63, 3.8) is 0 Å². The quantitative estimate of drug-likeness (QED) is 0.853. The van der Waals surface area contributed by atoms with E-state index in [1.807, 2.05) is 0 Å². The molecule has 3 heterocycles. The SMILES string of the molecule is Cc1cc(NC(=O)CN(C)C(=O)C2CCN(c3cnccn3)CC2)no1. The number of nitrogens with one attached hydrogen (secondary N) is 1. The number of carbonyl (C=O) groups excluding carboxylic acids is 2. The second-order valence-corrected chi connectivity index (χ2v) is 6.39. The van der Waals surface area contributed by atoms with Gasteiger partial charge in [0.25, 0.3) is 0 Å². The molecule has 138 valence electrons. The maximum Gasteiger partial charge on any atom is 0.245 e. The molecule has 1 fully saturated rings. The Balaban J connectivity index is 1.47. The Morgan fingerprint density at radius 1 is 1.35 bits per heavy atom. The number of aromatic nitrogens is 3. The van der Waals surface area contributed by atoms with Gasteiger partial charge in [-0.15, -0.1) is 0 Å². The van der Waals surface area contributed by atoms with Crippen molar-refractivity contribution in [3.05, 3.63) is 30.4 Å². The summed E-state index contributed by atoms with van der Waals surface area (Å²) in [7, 11) is 1.64. The number of hydrogen-bond acceptors (Lipinski definition) is 7. The van der Waals surface area contributed by atoms with E-state index in [0.717, 1.165) is 31.7 Å². The van der Waals surface area contributed by atoms with E-state index < -0.39 is 0 Å². The summed E-state index contributed by atoms with van der Waals surface area (Å²) in [5, 5.41) is 6.33. The second kappa shape index (κ2) is 7.94. The van der Waals surface area contributed by atoms with Crippen LogP contribution in [0, 0.1) is 12.8 Å². The summed E-state index contributed by atoms with van der Waals surface area (Å²) in [6.07, 6.45) is 6.48. The Kier molecular flexibility index (Phi) is 5.45. The average Bonchev–Trinajstić information content (AvgIpc) is 3.06. The van der Waals surface area contributed by atoms with Crippen LogP contribution < -0.4 is 10.2 Å². The summed E-state index contributed by atoms with van der Waals surface area (Å²) in [6.45, 7) is 3.21. The smallest absolute Gasteiger partial charge is 0.245 e. The van der Waals surface area contributed by atoms with Crippen LogP contribution in [0.1, 0.15) is 18.6 Å². The van der Waals surface area contributed by atoms with Crippen LogP contribution in [-0.4, -0.2) is 58.5 Å². The maximum atomic E-state index is 12.6. The number of carbonyl (C=O) groups is 2. The summed E-state index contributed by atoms with van der Waals surface area (Å²) in [4.78, 5) is 36.6. The molecule has 0 atom stereocenters. The Labute approximate surface area is 151 Å². The van der Waals surface area contributed by atoms with Crippen LogP contribution in [0.15, 0.2) is 29.2 Å². The lowest BCUT2D eigenvalue weighted by Crippen LogP contribution is -2.43. The number of piperidine rings is 1. The van der Waals surface area contributed by atoms with Crippen molar-refractivity contribution in [2.45, 2.75) is 19.8 Å². The van der Waals surface area contributed by atoms with Crippen molar-refractivity contribution in [1.29, 1.82) is 0 Å². The highest BCUT2D eigenvalue weighted by molar-refractivity contribution is 5.94. The van der Waals surface area contributed by atoms with E-state index in [1.165, 1.54) is 4.90 Å². The zero-order chi connectivity index (χ0) is 18.5. The van der Waals surface area contributed by atoms with E-state index in [-0.39, 0.29) is 24.3 Å². The van der Waals surface area contributed by atoms with Crippen molar-refractivity contribution in [2.75, 3.05) is 36.9 Å². The minimum Gasteiger partial charge on any atom is -0.360 e. The van der Waals surface area contributed by atoms with Crippen LogP contribution in [-0.2, 0) is 9.59 Å². The molecule has 0 saturated carbocycles. The highest BCUT2D eigenvalue weighted by Crippen LogP contribution is 2.22. The molecule has 2 aromatic heterocycles. The summed E-state index contributed by atoms with van der Waals surface area (Å²) >= 11 is 0. The molecule has 3 rings (SSSR count). The molecule has 0 aromatic carbocycles. The van der Waals surface area contributed by atoms with E-state index in [2.05, 4.69) is 25.3 Å². The van der Waals surface area contributed by atoms with Gasteiger partial charge in [0.2, 0.25) is 11.8 Å². The third-order valence-corrected chi connectivity index (χ3v) is 4.37. The first-order valence-electron chi connectivity index (χ1n) is 8.52. The Morgan fingerprint density at radius 2 is 2.12 bits per heavy atom. The maximum absolute atomic E-state index is 12.6.